The average molecular weight is 215 g/mol. The van der Waals surface area contributed by atoms with Crippen molar-refractivity contribution in [2.24, 2.45) is 0 Å². The number of unbranched alkanes of at least 4 members (excludes halogenated alkanes) is 1. The Kier molecular flexibility index (Phi) is 5.58. The van der Waals surface area contributed by atoms with Gasteiger partial charge in [-0.15, -0.1) is 0 Å². The Morgan fingerprint density at radius 2 is 1.80 bits per heavy atom. The molecule has 90 valence electrons. The summed E-state index contributed by atoms with van der Waals surface area (Å²) in [5, 5.41) is 0. The van der Waals surface area contributed by atoms with Crippen molar-refractivity contribution in [3.05, 3.63) is 0 Å². The maximum atomic E-state index is 5.68. The summed E-state index contributed by atoms with van der Waals surface area (Å²) in [5.74, 6) is 0. The van der Waals surface area contributed by atoms with Gasteiger partial charge in [0.2, 0.25) is 0 Å². The SMILES string of the molecule is CC(C)(C)OCCCCN1CCOCC1. The summed E-state index contributed by atoms with van der Waals surface area (Å²) in [7, 11) is 0. The first kappa shape index (κ1) is 12.9. The van der Waals surface area contributed by atoms with Gasteiger partial charge < -0.3 is 9.47 Å². The third kappa shape index (κ3) is 6.88. The molecule has 1 aliphatic heterocycles. The second-order valence-corrected chi connectivity index (χ2v) is 5.12. The van der Waals surface area contributed by atoms with Crippen LogP contribution in [-0.4, -0.2) is 50.0 Å². The van der Waals surface area contributed by atoms with Crippen molar-refractivity contribution >= 4 is 0 Å². The highest BCUT2D eigenvalue weighted by molar-refractivity contribution is 4.62. The molecule has 1 aliphatic rings. The second kappa shape index (κ2) is 6.46. The van der Waals surface area contributed by atoms with Crippen molar-refractivity contribution in [2.45, 2.75) is 39.2 Å². The summed E-state index contributed by atoms with van der Waals surface area (Å²) in [6.07, 6.45) is 2.39. The third-order valence-corrected chi connectivity index (χ3v) is 2.51. The second-order valence-electron chi connectivity index (χ2n) is 5.12. The number of hydrogen-bond acceptors (Lipinski definition) is 3. The van der Waals surface area contributed by atoms with Gasteiger partial charge in [0.15, 0.2) is 0 Å². The highest BCUT2D eigenvalue weighted by Gasteiger charge is 2.11. The first-order valence-electron chi connectivity index (χ1n) is 6.02. The van der Waals surface area contributed by atoms with Crippen LogP contribution in [0.2, 0.25) is 0 Å². The van der Waals surface area contributed by atoms with E-state index in [0.717, 1.165) is 39.3 Å². The highest BCUT2D eigenvalue weighted by atomic mass is 16.5. The van der Waals surface area contributed by atoms with E-state index >= 15 is 0 Å². The molecule has 0 N–H and O–H groups in total. The van der Waals surface area contributed by atoms with Crippen LogP contribution in [0.3, 0.4) is 0 Å². The van der Waals surface area contributed by atoms with Gasteiger partial charge in [0.05, 0.1) is 18.8 Å². The van der Waals surface area contributed by atoms with Crippen LogP contribution < -0.4 is 0 Å². The number of nitrogens with zero attached hydrogens (tertiary/aromatic N) is 1. The van der Waals surface area contributed by atoms with E-state index in [1.807, 2.05) is 0 Å². The quantitative estimate of drug-likeness (QED) is 0.654. The Hall–Kier alpha value is -0.120. The number of morpholine rings is 1. The zero-order valence-corrected chi connectivity index (χ0v) is 10.4. The van der Waals surface area contributed by atoms with Crippen molar-refractivity contribution < 1.29 is 9.47 Å². The van der Waals surface area contributed by atoms with Crippen LogP contribution in [-0.2, 0) is 9.47 Å². The first-order valence-corrected chi connectivity index (χ1v) is 6.02. The zero-order chi connectivity index (χ0) is 11.1. The van der Waals surface area contributed by atoms with E-state index in [9.17, 15) is 0 Å². The van der Waals surface area contributed by atoms with E-state index in [2.05, 4.69) is 25.7 Å². The molecule has 0 aromatic rings. The lowest BCUT2D eigenvalue weighted by Crippen LogP contribution is -2.36. The van der Waals surface area contributed by atoms with Crippen molar-refractivity contribution in [1.82, 2.24) is 4.90 Å². The van der Waals surface area contributed by atoms with Gasteiger partial charge >= 0.3 is 0 Å². The largest absolute Gasteiger partial charge is 0.379 e. The minimum atomic E-state index is 0.0129. The maximum absolute atomic E-state index is 5.68. The van der Waals surface area contributed by atoms with E-state index in [1.165, 1.54) is 13.0 Å². The first-order chi connectivity index (χ1) is 7.08. The molecule has 15 heavy (non-hydrogen) atoms. The van der Waals surface area contributed by atoms with Gasteiger partial charge in [-0.05, 0) is 40.2 Å². The molecule has 3 nitrogen and oxygen atoms in total. The molecule has 1 fully saturated rings. The lowest BCUT2D eigenvalue weighted by Gasteiger charge is -2.26. The average Bonchev–Trinajstić information content (AvgIpc) is 2.17. The summed E-state index contributed by atoms with van der Waals surface area (Å²) in [6.45, 7) is 12.4. The molecule has 0 atom stereocenters. The number of ether oxygens (including phenoxy) is 2. The molecule has 0 spiro atoms. The van der Waals surface area contributed by atoms with Crippen LogP contribution in [0, 0.1) is 0 Å². The normalized spacial score (nSPS) is 19.4. The number of hydrogen-bond donors (Lipinski definition) is 0. The minimum Gasteiger partial charge on any atom is -0.379 e. The Morgan fingerprint density at radius 1 is 1.13 bits per heavy atom. The lowest BCUT2D eigenvalue weighted by molar-refractivity contribution is -0.00706. The summed E-state index contributed by atoms with van der Waals surface area (Å²) < 4.78 is 11.0. The summed E-state index contributed by atoms with van der Waals surface area (Å²) in [6, 6.07) is 0. The molecule has 1 saturated heterocycles. The predicted molar refractivity (Wildman–Crippen MR) is 62.2 cm³/mol. The van der Waals surface area contributed by atoms with Crippen molar-refractivity contribution in [1.29, 1.82) is 0 Å². The zero-order valence-electron chi connectivity index (χ0n) is 10.4. The topological polar surface area (TPSA) is 21.7 Å². The summed E-state index contributed by atoms with van der Waals surface area (Å²) >= 11 is 0. The Bertz CT molecular complexity index is 159. The predicted octanol–water partition coefficient (Wildman–Crippen LogP) is 1.91. The monoisotopic (exact) mass is 215 g/mol. The van der Waals surface area contributed by atoms with E-state index in [-0.39, 0.29) is 5.60 Å². The maximum Gasteiger partial charge on any atom is 0.0598 e. The molecule has 1 heterocycles. The summed E-state index contributed by atoms with van der Waals surface area (Å²) in [4.78, 5) is 2.47. The van der Waals surface area contributed by atoms with E-state index in [0.29, 0.717) is 0 Å². The Balaban J connectivity index is 1.92. The van der Waals surface area contributed by atoms with Crippen LogP contribution in [0.4, 0.5) is 0 Å². The molecule has 0 amide bonds. The molecular formula is C12H25NO2. The fourth-order valence-corrected chi connectivity index (χ4v) is 1.64. The smallest absolute Gasteiger partial charge is 0.0598 e. The van der Waals surface area contributed by atoms with Crippen molar-refractivity contribution in [3.63, 3.8) is 0 Å². The van der Waals surface area contributed by atoms with E-state index < -0.39 is 0 Å². The standard InChI is InChI=1S/C12H25NO2/c1-12(2,3)15-9-5-4-6-13-7-10-14-11-8-13/h4-11H2,1-3H3. The van der Waals surface area contributed by atoms with Crippen molar-refractivity contribution in [2.75, 3.05) is 39.5 Å². The van der Waals surface area contributed by atoms with Gasteiger partial charge in [-0.2, -0.15) is 0 Å². The molecule has 0 unspecified atom stereocenters. The third-order valence-electron chi connectivity index (χ3n) is 2.51. The van der Waals surface area contributed by atoms with Crippen molar-refractivity contribution in [3.8, 4) is 0 Å². The van der Waals surface area contributed by atoms with Crippen LogP contribution in [0.15, 0.2) is 0 Å². The summed E-state index contributed by atoms with van der Waals surface area (Å²) in [5.41, 5.74) is 0.0129. The van der Waals surface area contributed by atoms with Crippen LogP contribution in [0.5, 0.6) is 0 Å². The van der Waals surface area contributed by atoms with Gasteiger partial charge in [0.1, 0.15) is 0 Å². The number of rotatable bonds is 5. The van der Waals surface area contributed by atoms with Gasteiger partial charge in [-0.3, -0.25) is 4.90 Å². The van der Waals surface area contributed by atoms with Gasteiger partial charge in [0, 0.05) is 19.7 Å². The van der Waals surface area contributed by atoms with Gasteiger partial charge in [0.25, 0.3) is 0 Å². The molecule has 0 aromatic heterocycles. The van der Waals surface area contributed by atoms with Crippen LogP contribution >= 0.6 is 0 Å². The molecule has 0 saturated carbocycles. The van der Waals surface area contributed by atoms with Crippen LogP contribution in [0.25, 0.3) is 0 Å². The van der Waals surface area contributed by atoms with E-state index in [4.69, 9.17) is 9.47 Å². The lowest BCUT2D eigenvalue weighted by atomic mass is 10.2. The molecule has 0 bridgehead atoms. The molecule has 3 heteroatoms. The van der Waals surface area contributed by atoms with Crippen LogP contribution in [0.1, 0.15) is 33.6 Å². The fourth-order valence-electron chi connectivity index (χ4n) is 1.64. The Labute approximate surface area is 93.7 Å². The fraction of sp³-hybridized carbons (Fsp3) is 1.00. The molecule has 0 radical (unpaired) electrons. The molecular weight excluding hydrogens is 190 g/mol. The minimum absolute atomic E-state index is 0.0129. The highest BCUT2D eigenvalue weighted by Crippen LogP contribution is 2.08. The van der Waals surface area contributed by atoms with Gasteiger partial charge in [-0.1, -0.05) is 0 Å². The molecule has 0 aliphatic carbocycles. The molecule has 1 rings (SSSR count). The van der Waals surface area contributed by atoms with Gasteiger partial charge in [-0.25, -0.2) is 0 Å². The Morgan fingerprint density at radius 3 is 2.40 bits per heavy atom. The molecule has 0 aromatic carbocycles. The van der Waals surface area contributed by atoms with E-state index in [1.54, 1.807) is 0 Å².